The van der Waals surface area contributed by atoms with Gasteiger partial charge >= 0.3 is 0 Å². The van der Waals surface area contributed by atoms with Gasteiger partial charge in [0.25, 0.3) is 0 Å². The molecule has 2 aromatic heterocycles. The molecule has 0 spiro atoms. The van der Waals surface area contributed by atoms with Crippen LogP contribution in [0.4, 0.5) is 0 Å². The van der Waals surface area contributed by atoms with Gasteiger partial charge < -0.3 is 14.5 Å². The summed E-state index contributed by atoms with van der Waals surface area (Å²) in [7, 11) is -1.56. The number of nitrogens with zero attached hydrogens (tertiary/aromatic N) is 1. The van der Waals surface area contributed by atoms with Crippen LogP contribution < -0.4 is 4.74 Å². The second-order valence-corrected chi connectivity index (χ2v) is 10.5. The summed E-state index contributed by atoms with van der Waals surface area (Å²) in [5, 5.41) is 1.01. The molecule has 4 rings (SSSR count). The number of benzene rings is 1. The second kappa shape index (κ2) is 9.40. The Bertz CT molecular complexity index is 1120. The van der Waals surface area contributed by atoms with Crippen LogP contribution in [0.1, 0.15) is 49.3 Å². The third-order valence-electron chi connectivity index (χ3n) is 6.15. The van der Waals surface area contributed by atoms with Crippen LogP contribution in [0.2, 0.25) is 0 Å². The third kappa shape index (κ3) is 5.28. The molecule has 2 heterocycles. The Labute approximate surface area is 183 Å². The Kier molecular flexibility index (Phi) is 6.62. The van der Waals surface area contributed by atoms with Crippen molar-refractivity contribution >= 4 is 20.9 Å². The molecule has 166 valence electrons. The molecule has 3 aromatic rings. The molecule has 1 aliphatic carbocycles. The van der Waals surface area contributed by atoms with Gasteiger partial charge in [0.2, 0.25) is 0 Å². The maximum Gasteiger partial charge on any atom is 0.175 e. The topological polar surface area (TPSA) is 81.3 Å². The van der Waals surface area contributed by atoms with E-state index >= 15 is 0 Å². The van der Waals surface area contributed by atoms with Gasteiger partial charge in [0.05, 0.1) is 17.7 Å². The summed E-state index contributed by atoms with van der Waals surface area (Å²) in [6.45, 7) is 1.02. The number of aromatic nitrogens is 2. The minimum atomic E-state index is -3.21. The highest BCUT2D eigenvalue weighted by molar-refractivity contribution is 7.90. The normalized spacial score (nSPS) is 16.1. The van der Waals surface area contributed by atoms with Crippen LogP contribution >= 0.6 is 0 Å². The van der Waals surface area contributed by atoms with Gasteiger partial charge in [-0.05, 0) is 42.2 Å². The van der Waals surface area contributed by atoms with E-state index < -0.39 is 9.84 Å². The van der Waals surface area contributed by atoms with E-state index in [0.717, 1.165) is 34.5 Å². The molecule has 1 N–H and O–H groups in total. The Morgan fingerprint density at radius 1 is 1.13 bits per heavy atom. The first-order valence-corrected chi connectivity index (χ1v) is 12.7. The summed E-state index contributed by atoms with van der Waals surface area (Å²) in [5.74, 6) is 1.58. The highest BCUT2D eigenvalue weighted by atomic mass is 32.2. The monoisotopic (exact) mass is 442 g/mol. The van der Waals surface area contributed by atoms with Crippen LogP contribution in [-0.4, -0.2) is 45.0 Å². The molecule has 7 heteroatoms. The lowest BCUT2D eigenvalue weighted by molar-refractivity contribution is 0.146. The highest BCUT2D eigenvalue weighted by Crippen LogP contribution is 2.38. The fourth-order valence-electron chi connectivity index (χ4n) is 4.50. The van der Waals surface area contributed by atoms with Crippen LogP contribution in [0.3, 0.4) is 0 Å². The molecule has 6 nitrogen and oxygen atoms in total. The Morgan fingerprint density at radius 2 is 1.87 bits per heavy atom. The van der Waals surface area contributed by atoms with Crippen molar-refractivity contribution in [1.82, 2.24) is 9.97 Å². The van der Waals surface area contributed by atoms with Crippen LogP contribution in [0.5, 0.6) is 5.75 Å². The van der Waals surface area contributed by atoms with E-state index in [1.54, 1.807) is 25.4 Å². The van der Waals surface area contributed by atoms with Crippen molar-refractivity contribution in [2.75, 3.05) is 26.6 Å². The number of hydrogen-bond acceptors (Lipinski definition) is 5. The zero-order valence-electron chi connectivity index (χ0n) is 18.1. The van der Waals surface area contributed by atoms with E-state index in [1.807, 2.05) is 18.2 Å². The number of ether oxygens (including phenoxy) is 2. The van der Waals surface area contributed by atoms with Gasteiger partial charge in [-0.2, -0.15) is 0 Å². The largest absolute Gasteiger partial charge is 0.490 e. The first-order valence-electron chi connectivity index (χ1n) is 10.8. The van der Waals surface area contributed by atoms with Crippen molar-refractivity contribution in [1.29, 1.82) is 0 Å². The molecule has 31 heavy (non-hydrogen) atoms. The van der Waals surface area contributed by atoms with Gasteiger partial charge in [-0.3, -0.25) is 0 Å². The van der Waals surface area contributed by atoms with Crippen molar-refractivity contribution in [3.05, 3.63) is 53.9 Å². The number of H-pyrrole nitrogens is 1. The minimum Gasteiger partial charge on any atom is -0.490 e. The fraction of sp³-hybridized carbons (Fsp3) is 0.458. The van der Waals surface area contributed by atoms with Crippen molar-refractivity contribution in [2.24, 2.45) is 5.92 Å². The van der Waals surface area contributed by atoms with Gasteiger partial charge in [0.1, 0.15) is 18.0 Å². The molecule has 0 amide bonds. The molecule has 0 unspecified atom stereocenters. The van der Waals surface area contributed by atoms with Gasteiger partial charge in [-0.1, -0.05) is 37.8 Å². The van der Waals surface area contributed by atoms with E-state index in [1.165, 1.54) is 31.9 Å². The Balaban J connectivity index is 1.65. The maximum absolute atomic E-state index is 11.9. The fourth-order valence-corrected chi connectivity index (χ4v) is 5.13. The number of pyridine rings is 1. The number of hydrogen-bond donors (Lipinski definition) is 1. The minimum absolute atomic E-state index is 0.170. The quantitative estimate of drug-likeness (QED) is 0.486. The summed E-state index contributed by atoms with van der Waals surface area (Å²) < 4.78 is 34.5. The van der Waals surface area contributed by atoms with E-state index in [0.29, 0.717) is 24.0 Å². The molecule has 1 saturated carbocycles. The number of methoxy groups -OCH3 is 1. The molecule has 0 aliphatic heterocycles. The van der Waals surface area contributed by atoms with Crippen molar-refractivity contribution in [3.8, 4) is 5.75 Å². The van der Waals surface area contributed by atoms with E-state index in [9.17, 15) is 8.42 Å². The lowest BCUT2D eigenvalue weighted by Crippen LogP contribution is -2.08. The standard InChI is InChI=1S/C24H30N2O4S/c1-29-11-12-30-20-14-19-15-23(26-24(19)25-16-20)22(13-17-5-3-4-6-17)18-7-9-21(10-8-18)31(2,27)28/h7-10,14-17,22H,3-6,11-13H2,1-2H3,(H,25,26)/t22-/m1/s1. The summed E-state index contributed by atoms with van der Waals surface area (Å²) in [6, 6.07) is 11.5. The lowest BCUT2D eigenvalue weighted by atomic mass is 9.85. The third-order valence-corrected chi connectivity index (χ3v) is 7.28. The molecule has 1 atom stereocenters. The molecule has 1 aromatic carbocycles. The van der Waals surface area contributed by atoms with Gasteiger partial charge in [-0.15, -0.1) is 0 Å². The Hall–Kier alpha value is -2.38. The van der Waals surface area contributed by atoms with Gasteiger partial charge in [0.15, 0.2) is 9.84 Å². The predicted octanol–water partition coefficient (Wildman–Crippen LogP) is 4.70. The molecule has 0 radical (unpaired) electrons. The molecular formula is C24H30N2O4S. The van der Waals surface area contributed by atoms with E-state index in [4.69, 9.17) is 9.47 Å². The van der Waals surface area contributed by atoms with Crippen molar-refractivity contribution in [3.63, 3.8) is 0 Å². The van der Waals surface area contributed by atoms with Gasteiger partial charge in [-0.25, -0.2) is 13.4 Å². The average Bonchev–Trinajstić information content (AvgIpc) is 3.41. The average molecular weight is 443 g/mol. The number of nitrogens with one attached hydrogen (secondary N) is 1. The van der Waals surface area contributed by atoms with E-state index in [2.05, 4.69) is 16.0 Å². The number of aromatic amines is 1. The van der Waals surface area contributed by atoms with Crippen LogP contribution in [0, 0.1) is 5.92 Å². The lowest BCUT2D eigenvalue weighted by Gasteiger charge is -2.20. The van der Waals surface area contributed by atoms with Crippen molar-refractivity contribution < 1.29 is 17.9 Å². The molecule has 1 aliphatic rings. The Morgan fingerprint density at radius 3 is 2.55 bits per heavy atom. The maximum atomic E-state index is 11.9. The second-order valence-electron chi connectivity index (χ2n) is 8.45. The molecular weight excluding hydrogens is 412 g/mol. The van der Waals surface area contributed by atoms with Crippen LogP contribution in [0.15, 0.2) is 47.5 Å². The summed E-state index contributed by atoms with van der Waals surface area (Å²) in [6.07, 6.45) is 9.12. The first-order chi connectivity index (χ1) is 14.9. The first kappa shape index (κ1) is 21.8. The molecule has 0 saturated heterocycles. The molecule has 1 fully saturated rings. The van der Waals surface area contributed by atoms with Crippen LogP contribution in [-0.2, 0) is 14.6 Å². The smallest absolute Gasteiger partial charge is 0.175 e. The predicted molar refractivity (Wildman–Crippen MR) is 121 cm³/mol. The summed E-state index contributed by atoms with van der Waals surface area (Å²) in [4.78, 5) is 8.39. The van der Waals surface area contributed by atoms with Gasteiger partial charge in [0, 0.05) is 30.4 Å². The van der Waals surface area contributed by atoms with Crippen LogP contribution in [0.25, 0.3) is 11.0 Å². The van der Waals surface area contributed by atoms with Crippen molar-refractivity contribution in [2.45, 2.75) is 42.9 Å². The zero-order valence-corrected chi connectivity index (χ0v) is 19.0. The van der Waals surface area contributed by atoms with E-state index in [-0.39, 0.29) is 5.92 Å². The molecule has 0 bridgehead atoms. The summed E-state index contributed by atoms with van der Waals surface area (Å²) in [5.41, 5.74) is 3.07. The SMILES string of the molecule is COCCOc1cnc2[nH]c([C@H](CC3CCCC3)c3ccc(S(C)(=O)=O)cc3)cc2c1. The highest BCUT2D eigenvalue weighted by Gasteiger charge is 2.24. The number of sulfone groups is 1. The summed E-state index contributed by atoms with van der Waals surface area (Å²) >= 11 is 0. The number of fused-ring (bicyclic) bond motifs is 1. The number of rotatable bonds is 9. The zero-order chi connectivity index (χ0) is 21.8.